The minimum atomic E-state index is 0.348. The van der Waals surface area contributed by atoms with Gasteiger partial charge in [0.25, 0.3) is 0 Å². The van der Waals surface area contributed by atoms with Crippen LogP contribution in [0.5, 0.6) is 0 Å². The number of nitrogens with zero attached hydrogens (tertiary/aromatic N) is 1. The molecule has 2 atom stereocenters. The lowest BCUT2D eigenvalue weighted by molar-refractivity contribution is -0.0531. The molecule has 0 aromatic heterocycles. The zero-order valence-corrected chi connectivity index (χ0v) is 13.6. The van der Waals surface area contributed by atoms with Crippen LogP contribution in [0.4, 0.5) is 0 Å². The lowest BCUT2D eigenvalue weighted by atomic mass is 9.76. The molecule has 2 saturated carbocycles. The van der Waals surface area contributed by atoms with E-state index in [1.165, 1.54) is 58.0 Å². The number of hydrogen-bond donors (Lipinski definition) is 1. The molecule has 0 radical (unpaired) electrons. The molecular weight excluding hydrogens is 248 g/mol. The maximum Gasteiger partial charge on any atom is 0.0615 e. The number of hydrogen-bond acceptors (Lipinski definition) is 3. The normalized spacial score (nSPS) is 36.1. The lowest BCUT2D eigenvalue weighted by Crippen LogP contribution is -2.72. The van der Waals surface area contributed by atoms with Gasteiger partial charge >= 0.3 is 0 Å². The minimum absolute atomic E-state index is 0.348. The van der Waals surface area contributed by atoms with Crippen molar-refractivity contribution < 1.29 is 4.74 Å². The summed E-state index contributed by atoms with van der Waals surface area (Å²) in [6.45, 7) is 8.10. The molecule has 0 aromatic carbocycles. The molecule has 3 aliphatic rings. The first-order valence-corrected chi connectivity index (χ1v) is 8.60. The van der Waals surface area contributed by atoms with Crippen LogP contribution in [0.1, 0.15) is 58.8 Å². The van der Waals surface area contributed by atoms with E-state index in [2.05, 4.69) is 24.1 Å². The predicted octanol–water partition coefficient (Wildman–Crippen LogP) is 2.80. The standard InChI is InChI=1S/C17H32N2O/c1-14(11-20-3)19-13-17(9-5-4-6-10-17)18-12-16(19,2)15-7-8-15/h14-15,18H,4-13H2,1-3H3. The van der Waals surface area contributed by atoms with E-state index in [1.54, 1.807) is 0 Å². The molecule has 2 aliphatic carbocycles. The highest BCUT2D eigenvalue weighted by atomic mass is 16.5. The molecule has 2 unspecified atom stereocenters. The SMILES string of the molecule is COCC(C)N1CC2(CCCCC2)NCC1(C)C1CC1. The van der Waals surface area contributed by atoms with Gasteiger partial charge < -0.3 is 10.1 Å². The van der Waals surface area contributed by atoms with Crippen molar-refractivity contribution in [3.63, 3.8) is 0 Å². The van der Waals surface area contributed by atoms with Gasteiger partial charge in [-0.15, -0.1) is 0 Å². The molecule has 0 aromatic rings. The molecule has 1 aliphatic heterocycles. The fourth-order valence-electron chi connectivity index (χ4n) is 4.67. The van der Waals surface area contributed by atoms with Crippen molar-refractivity contribution in [2.75, 3.05) is 26.8 Å². The van der Waals surface area contributed by atoms with Crippen molar-refractivity contribution in [1.82, 2.24) is 10.2 Å². The Kier molecular flexibility index (Phi) is 4.13. The third-order valence-electron chi connectivity index (χ3n) is 6.16. The Bertz CT molecular complexity index is 336. The molecule has 3 fully saturated rings. The summed E-state index contributed by atoms with van der Waals surface area (Å²) in [7, 11) is 1.84. The third-order valence-corrected chi connectivity index (χ3v) is 6.16. The van der Waals surface area contributed by atoms with E-state index in [4.69, 9.17) is 4.74 Å². The van der Waals surface area contributed by atoms with Gasteiger partial charge in [0.15, 0.2) is 0 Å². The largest absolute Gasteiger partial charge is 0.383 e. The summed E-state index contributed by atoms with van der Waals surface area (Å²) in [6, 6.07) is 0.534. The summed E-state index contributed by atoms with van der Waals surface area (Å²) in [5, 5.41) is 3.99. The van der Waals surface area contributed by atoms with Gasteiger partial charge in [-0.3, -0.25) is 4.90 Å². The van der Waals surface area contributed by atoms with Crippen LogP contribution in [0.3, 0.4) is 0 Å². The minimum Gasteiger partial charge on any atom is -0.383 e. The van der Waals surface area contributed by atoms with Crippen LogP contribution in [0.2, 0.25) is 0 Å². The molecule has 1 spiro atoms. The van der Waals surface area contributed by atoms with E-state index in [1.807, 2.05) is 7.11 Å². The molecule has 0 amide bonds. The number of nitrogens with one attached hydrogen (secondary N) is 1. The van der Waals surface area contributed by atoms with Crippen LogP contribution in [-0.4, -0.2) is 48.8 Å². The molecule has 3 rings (SSSR count). The fourth-order valence-corrected chi connectivity index (χ4v) is 4.67. The van der Waals surface area contributed by atoms with Crippen molar-refractivity contribution in [3.8, 4) is 0 Å². The number of methoxy groups -OCH3 is 1. The van der Waals surface area contributed by atoms with E-state index in [0.29, 0.717) is 17.1 Å². The van der Waals surface area contributed by atoms with Crippen molar-refractivity contribution in [3.05, 3.63) is 0 Å². The quantitative estimate of drug-likeness (QED) is 0.857. The maximum absolute atomic E-state index is 5.46. The van der Waals surface area contributed by atoms with Crippen LogP contribution in [0.15, 0.2) is 0 Å². The molecule has 20 heavy (non-hydrogen) atoms. The summed E-state index contributed by atoms with van der Waals surface area (Å²) < 4.78 is 5.46. The highest BCUT2D eigenvalue weighted by Crippen LogP contribution is 2.47. The van der Waals surface area contributed by atoms with Gasteiger partial charge in [0.1, 0.15) is 0 Å². The highest BCUT2D eigenvalue weighted by Gasteiger charge is 2.53. The van der Waals surface area contributed by atoms with Crippen LogP contribution in [-0.2, 0) is 4.74 Å². The fraction of sp³-hybridized carbons (Fsp3) is 1.00. The summed E-state index contributed by atoms with van der Waals surface area (Å²) in [4.78, 5) is 2.80. The van der Waals surface area contributed by atoms with Gasteiger partial charge in [0, 0.05) is 37.3 Å². The van der Waals surface area contributed by atoms with E-state index < -0.39 is 0 Å². The molecule has 1 N–H and O–H groups in total. The summed E-state index contributed by atoms with van der Waals surface area (Å²) in [5.74, 6) is 0.898. The second-order valence-corrected chi connectivity index (χ2v) is 7.76. The van der Waals surface area contributed by atoms with Crippen molar-refractivity contribution in [2.45, 2.75) is 75.9 Å². The van der Waals surface area contributed by atoms with E-state index in [9.17, 15) is 0 Å². The molecule has 1 saturated heterocycles. The van der Waals surface area contributed by atoms with Crippen LogP contribution >= 0.6 is 0 Å². The summed E-state index contributed by atoms with van der Waals surface area (Å²) in [6.07, 6.45) is 9.80. The molecule has 3 heteroatoms. The third kappa shape index (κ3) is 2.65. The molecule has 116 valence electrons. The monoisotopic (exact) mass is 280 g/mol. The number of piperazine rings is 1. The Morgan fingerprint density at radius 1 is 1.25 bits per heavy atom. The lowest BCUT2D eigenvalue weighted by Gasteiger charge is -2.57. The first kappa shape index (κ1) is 14.8. The van der Waals surface area contributed by atoms with Crippen LogP contribution < -0.4 is 5.32 Å². The van der Waals surface area contributed by atoms with Crippen LogP contribution in [0, 0.1) is 5.92 Å². The van der Waals surface area contributed by atoms with Gasteiger partial charge in [-0.1, -0.05) is 19.3 Å². The van der Waals surface area contributed by atoms with Gasteiger partial charge in [-0.2, -0.15) is 0 Å². The number of rotatable bonds is 4. The number of ether oxygens (including phenoxy) is 1. The van der Waals surface area contributed by atoms with E-state index in [-0.39, 0.29) is 0 Å². The van der Waals surface area contributed by atoms with Crippen molar-refractivity contribution >= 4 is 0 Å². The first-order chi connectivity index (χ1) is 9.60. The maximum atomic E-state index is 5.46. The second-order valence-electron chi connectivity index (χ2n) is 7.76. The van der Waals surface area contributed by atoms with E-state index in [0.717, 1.165) is 12.5 Å². The zero-order valence-electron chi connectivity index (χ0n) is 13.6. The van der Waals surface area contributed by atoms with Crippen molar-refractivity contribution in [2.24, 2.45) is 5.92 Å². The van der Waals surface area contributed by atoms with Gasteiger partial charge in [-0.05, 0) is 45.4 Å². The smallest absolute Gasteiger partial charge is 0.0615 e. The average Bonchev–Trinajstić information content (AvgIpc) is 3.28. The Labute approximate surface area is 124 Å². The first-order valence-electron chi connectivity index (χ1n) is 8.60. The zero-order chi connectivity index (χ0) is 14.2. The summed E-state index contributed by atoms with van der Waals surface area (Å²) >= 11 is 0. The average molecular weight is 280 g/mol. The molecule has 3 nitrogen and oxygen atoms in total. The summed E-state index contributed by atoms with van der Waals surface area (Å²) in [5.41, 5.74) is 0.745. The Morgan fingerprint density at radius 3 is 2.55 bits per heavy atom. The molecular formula is C17H32N2O. The van der Waals surface area contributed by atoms with Crippen molar-refractivity contribution in [1.29, 1.82) is 0 Å². The molecule has 1 heterocycles. The van der Waals surface area contributed by atoms with Gasteiger partial charge in [0.05, 0.1) is 6.61 Å². The Morgan fingerprint density at radius 2 is 1.95 bits per heavy atom. The Balaban J connectivity index is 1.77. The molecule has 0 bridgehead atoms. The topological polar surface area (TPSA) is 24.5 Å². The van der Waals surface area contributed by atoms with Crippen LogP contribution in [0.25, 0.3) is 0 Å². The Hall–Kier alpha value is -0.120. The second kappa shape index (κ2) is 5.58. The van der Waals surface area contributed by atoms with Gasteiger partial charge in [-0.25, -0.2) is 0 Å². The highest BCUT2D eigenvalue weighted by molar-refractivity contribution is 5.10. The van der Waals surface area contributed by atoms with E-state index >= 15 is 0 Å². The van der Waals surface area contributed by atoms with Gasteiger partial charge in [0.2, 0.25) is 0 Å². The predicted molar refractivity (Wildman–Crippen MR) is 83.0 cm³/mol.